The van der Waals surface area contributed by atoms with Crippen LogP contribution in [-0.4, -0.2) is 16.8 Å². The van der Waals surface area contributed by atoms with Crippen LogP contribution in [0.1, 0.15) is 21.5 Å². The summed E-state index contributed by atoms with van der Waals surface area (Å²) < 4.78 is 0. The van der Waals surface area contributed by atoms with Crippen LogP contribution in [-0.2, 0) is 11.3 Å². The Bertz CT molecular complexity index is 958. The minimum Gasteiger partial charge on any atom is -0.366 e. The Morgan fingerprint density at radius 1 is 0.966 bits per heavy atom. The van der Waals surface area contributed by atoms with Gasteiger partial charge in [0.2, 0.25) is 5.91 Å². The molecule has 0 radical (unpaired) electrons. The summed E-state index contributed by atoms with van der Waals surface area (Å²) >= 11 is 11.8. The Labute approximate surface area is 179 Å². The maximum atomic E-state index is 11.8. The quantitative estimate of drug-likeness (QED) is 0.587. The summed E-state index contributed by atoms with van der Waals surface area (Å²) in [5.41, 5.74) is 7.32. The highest BCUT2D eigenvalue weighted by Gasteiger charge is 2.04. The fourth-order valence-electron chi connectivity index (χ4n) is 2.24. The number of halogens is 2. The highest BCUT2D eigenvalue weighted by Crippen LogP contribution is 2.18. The largest absolute Gasteiger partial charge is 0.366 e. The number of hydrogen-bond acceptors (Lipinski definition) is 3. The van der Waals surface area contributed by atoms with E-state index >= 15 is 0 Å². The van der Waals surface area contributed by atoms with Crippen LogP contribution in [0.2, 0.25) is 10.0 Å². The third-order valence-electron chi connectivity index (χ3n) is 3.56. The topological polar surface area (TPSA) is 85.1 Å². The summed E-state index contributed by atoms with van der Waals surface area (Å²) in [6, 6.07) is 17.8. The van der Waals surface area contributed by atoms with Crippen molar-refractivity contribution < 1.29 is 9.59 Å². The molecule has 1 aromatic heterocycles. The third-order valence-corrected chi connectivity index (χ3v) is 3.99. The standard InChI is InChI=1S/C14H11Cl2NO.C8H8N2O/c15-12-6-10(7-13(16)8-12)9-17-14(18)11-4-2-1-3-5-11;9-8(11)2-1-7-3-5-10-6-4-7/h1-8H,9H2,(H,17,18);1-6H,(H2,9,11)/b;2-1+. The molecule has 0 atom stereocenters. The van der Waals surface area contributed by atoms with E-state index in [9.17, 15) is 9.59 Å². The van der Waals surface area contributed by atoms with Gasteiger partial charge >= 0.3 is 0 Å². The molecule has 0 aliphatic carbocycles. The molecular weight excluding hydrogens is 409 g/mol. The van der Waals surface area contributed by atoms with Crippen LogP contribution >= 0.6 is 23.2 Å². The summed E-state index contributed by atoms with van der Waals surface area (Å²) in [4.78, 5) is 25.9. The summed E-state index contributed by atoms with van der Waals surface area (Å²) in [6.45, 7) is 0.397. The second-order valence-electron chi connectivity index (χ2n) is 5.84. The van der Waals surface area contributed by atoms with Crippen molar-refractivity contribution in [3.05, 3.63) is 106 Å². The van der Waals surface area contributed by atoms with Gasteiger partial charge in [0.25, 0.3) is 5.91 Å². The van der Waals surface area contributed by atoms with Gasteiger partial charge in [-0.3, -0.25) is 14.6 Å². The SMILES string of the molecule is NC(=O)/C=C/c1ccncc1.O=C(NCc1cc(Cl)cc(Cl)c1)c1ccccc1. The van der Waals surface area contributed by atoms with Crippen molar-refractivity contribution >= 4 is 41.1 Å². The zero-order valence-electron chi connectivity index (χ0n) is 15.4. The number of aromatic nitrogens is 1. The van der Waals surface area contributed by atoms with Crippen molar-refractivity contribution in [2.24, 2.45) is 5.73 Å². The molecule has 0 saturated carbocycles. The van der Waals surface area contributed by atoms with Gasteiger partial charge in [-0.2, -0.15) is 0 Å². The first-order valence-electron chi connectivity index (χ1n) is 8.60. The van der Waals surface area contributed by atoms with Crippen molar-refractivity contribution in [1.82, 2.24) is 10.3 Å². The van der Waals surface area contributed by atoms with Crippen LogP contribution in [0.5, 0.6) is 0 Å². The van der Waals surface area contributed by atoms with Crippen LogP contribution in [0.15, 0.2) is 79.1 Å². The molecule has 3 rings (SSSR count). The second kappa shape index (κ2) is 11.6. The van der Waals surface area contributed by atoms with Crippen molar-refractivity contribution in [3.8, 4) is 0 Å². The molecule has 29 heavy (non-hydrogen) atoms. The average Bonchev–Trinajstić information content (AvgIpc) is 2.72. The Morgan fingerprint density at radius 2 is 1.59 bits per heavy atom. The Balaban J connectivity index is 0.000000234. The summed E-state index contributed by atoms with van der Waals surface area (Å²) in [5, 5.41) is 3.94. The van der Waals surface area contributed by atoms with E-state index in [1.54, 1.807) is 60.9 Å². The molecule has 148 valence electrons. The lowest BCUT2D eigenvalue weighted by Gasteiger charge is -2.06. The molecule has 0 fully saturated rings. The third kappa shape index (κ3) is 8.60. The first-order chi connectivity index (χ1) is 13.9. The molecule has 0 bridgehead atoms. The number of primary amides is 1. The maximum absolute atomic E-state index is 11.8. The summed E-state index contributed by atoms with van der Waals surface area (Å²) in [5.74, 6) is -0.562. The Hall–Kier alpha value is -3.15. The lowest BCUT2D eigenvalue weighted by Crippen LogP contribution is -2.22. The molecule has 3 aromatic rings. The zero-order chi connectivity index (χ0) is 21.1. The first kappa shape index (κ1) is 22.1. The predicted octanol–water partition coefficient (Wildman–Crippen LogP) is 4.50. The van der Waals surface area contributed by atoms with Gasteiger partial charge in [0, 0.05) is 40.6 Å². The minimum atomic E-state index is -0.443. The van der Waals surface area contributed by atoms with E-state index in [2.05, 4.69) is 10.3 Å². The van der Waals surface area contributed by atoms with Gasteiger partial charge in [0.15, 0.2) is 0 Å². The summed E-state index contributed by atoms with van der Waals surface area (Å²) in [6.07, 6.45) is 6.26. The molecule has 2 aromatic carbocycles. The lowest BCUT2D eigenvalue weighted by molar-refractivity contribution is -0.113. The molecule has 5 nitrogen and oxygen atoms in total. The fraction of sp³-hybridized carbons (Fsp3) is 0.0455. The molecule has 3 N–H and O–H groups in total. The summed E-state index contributed by atoms with van der Waals surface area (Å²) in [7, 11) is 0. The number of nitrogens with two attached hydrogens (primary N) is 1. The number of benzene rings is 2. The van der Waals surface area contributed by atoms with Gasteiger partial charge in [-0.25, -0.2) is 0 Å². The number of pyridine rings is 1. The first-order valence-corrected chi connectivity index (χ1v) is 9.35. The van der Waals surface area contributed by atoms with E-state index in [4.69, 9.17) is 28.9 Å². The van der Waals surface area contributed by atoms with Crippen LogP contribution in [0.3, 0.4) is 0 Å². The van der Waals surface area contributed by atoms with Crippen molar-refractivity contribution in [2.45, 2.75) is 6.54 Å². The van der Waals surface area contributed by atoms with E-state index in [0.717, 1.165) is 11.1 Å². The molecule has 0 aliphatic rings. The van der Waals surface area contributed by atoms with Crippen molar-refractivity contribution in [2.75, 3.05) is 0 Å². The fourth-order valence-corrected chi connectivity index (χ4v) is 2.81. The molecule has 7 heteroatoms. The van der Waals surface area contributed by atoms with Crippen molar-refractivity contribution in [3.63, 3.8) is 0 Å². The number of nitrogens with one attached hydrogen (secondary N) is 1. The van der Waals surface area contributed by atoms with Crippen LogP contribution in [0, 0.1) is 0 Å². The van der Waals surface area contributed by atoms with Gasteiger partial charge in [0.1, 0.15) is 0 Å². The van der Waals surface area contributed by atoms with Gasteiger partial charge in [-0.1, -0.05) is 41.4 Å². The molecule has 0 unspecified atom stereocenters. The van der Waals surface area contributed by atoms with Crippen LogP contribution in [0.25, 0.3) is 6.08 Å². The number of hydrogen-bond donors (Lipinski definition) is 2. The van der Waals surface area contributed by atoms with E-state index in [1.165, 1.54) is 6.08 Å². The smallest absolute Gasteiger partial charge is 0.251 e. The monoisotopic (exact) mass is 427 g/mol. The normalized spacial score (nSPS) is 10.1. The molecule has 1 heterocycles. The van der Waals surface area contributed by atoms with Gasteiger partial charge < -0.3 is 11.1 Å². The second-order valence-corrected chi connectivity index (χ2v) is 6.72. The van der Waals surface area contributed by atoms with E-state index < -0.39 is 5.91 Å². The van der Waals surface area contributed by atoms with E-state index in [-0.39, 0.29) is 5.91 Å². The molecule has 2 amide bonds. The number of carbonyl (C=O) groups is 2. The van der Waals surface area contributed by atoms with E-state index in [0.29, 0.717) is 22.2 Å². The van der Waals surface area contributed by atoms with Gasteiger partial charge in [-0.05, 0) is 59.7 Å². The zero-order valence-corrected chi connectivity index (χ0v) is 16.9. The molecule has 0 spiro atoms. The van der Waals surface area contributed by atoms with E-state index in [1.807, 2.05) is 18.2 Å². The number of nitrogens with zero attached hydrogens (tertiary/aromatic N) is 1. The van der Waals surface area contributed by atoms with Gasteiger partial charge in [0.05, 0.1) is 0 Å². The highest BCUT2D eigenvalue weighted by atomic mass is 35.5. The average molecular weight is 428 g/mol. The van der Waals surface area contributed by atoms with Crippen LogP contribution in [0.4, 0.5) is 0 Å². The van der Waals surface area contributed by atoms with Crippen LogP contribution < -0.4 is 11.1 Å². The molecular formula is C22H19Cl2N3O2. The molecule has 0 saturated heterocycles. The lowest BCUT2D eigenvalue weighted by atomic mass is 10.2. The van der Waals surface area contributed by atoms with Crippen molar-refractivity contribution in [1.29, 1.82) is 0 Å². The number of amides is 2. The minimum absolute atomic E-state index is 0.119. The number of rotatable bonds is 5. The predicted molar refractivity (Wildman–Crippen MR) is 117 cm³/mol. The Kier molecular flexibility index (Phi) is 8.89. The Morgan fingerprint density at radius 3 is 2.17 bits per heavy atom. The maximum Gasteiger partial charge on any atom is 0.251 e. The molecule has 0 aliphatic heterocycles. The highest BCUT2D eigenvalue weighted by molar-refractivity contribution is 6.34. The van der Waals surface area contributed by atoms with Gasteiger partial charge in [-0.15, -0.1) is 0 Å². The number of carbonyl (C=O) groups excluding carboxylic acids is 2.